The molecule has 2 heteroatoms. The van der Waals surface area contributed by atoms with Crippen LogP contribution in [0.25, 0.3) is 120 Å². The quantitative estimate of drug-likeness (QED) is 0.173. The second-order valence-electron chi connectivity index (χ2n) is 14.4. The molecule has 250 valence electrons. The smallest absolute Gasteiger partial charge is 0.147 e. The zero-order valence-corrected chi connectivity index (χ0v) is 29.1. The van der Waals surface area contributed by atoms with E-state index in [1.54, 1.807) is 0 Å². The van der Waals surface area contributed by atoms with Gasteiger partial charge in [0.1, 0.15) is 22.3 Å². The molecule has 0 saturated heterocycles. The van der Waals surface area contributed by atoms with E-state index in [1.807, 2.05) is 0 Å². The van der Waals surface area contributed by atoms with Gasteiger partial charge in [0.2, 0.25) is 0 Å². The topological polar surface area (TPSA) is 26.3 Å². The van der Waals surface area contributed by atoms with E-state index < -0.39 is 0 Å². The van der Waals surface area contributed by atoms with E-state index in [-0.39, 0.29) is 0 Å². The van der Waals surface area contributed by atoms with E-state index in [1.165, 1.54) is 70.9 Å². The Kier molecular flexibility index (Phi) is 6.09. The fourth-order valence-electron chi connectivity index (χ4n) is 8.97. The minimum Gasteiger partial charge on any atom is -0.456 e. The molecule has 0 atom stereocenters. The van der Waals surface area contributed by atoms with Gasteiger partial charge in [-0.05, 0) is 119 Å². The van der Waals surface area contributed by atoms with Crippen molar-refractivity contribution in [3.05, 3.63) is 182 Å². The van der Waals surface area contributed by atoms with Crippen molar-refractivity contribution in [2.24, 2.45) is 0 Å². The monoisotopic (exact) mass is 686 g/mol. The fraction of sp³-hybridized carbons (Fsp3) is 0. The second kappa shape index (κ2) is 11.2. The standard InChI is InChI=1S/C52H30O2/c1-2-11-32(12-3-1)48-39-14-6-8-16-41(39)49(42-17-9-7-15-40(42)48)37-21-20-33-28-34(18-19-35(33)29-37)36-23-25-45-44(30-36)43-24-27-47-51(52(43)54-45)50-38-13-5-4-10-31(38)22-26-46(50)53-47/h1-30H. The Balaban J connectivity index is 0.995. The molecule has 12 rings (SSSR count). The lowest BCUT2D eigenvalue weighted by molar-refractivity contribution is 0.663. The van der Waals surface area contributed by atoms with Crippen LogP contribution in [0, 0.1) is 0 Å². The van der Waals surface area contributed by atoms with Gasteiger partial charge in [-0.25, -0.2) is 0 Å². The molecule has 2 nitrogen and oxygen atoms in total. The summed E-state index contributed by atoms with van der Waals surface area (Å²) in [5.74, 6) is 0. The molecule has 12 aromatic rings. The van der Waals surface area contributed by atoms with Gasteiger partial charge in [-0.1, -0.05) is 140 Å². The van der Waals surface area contributed by atoms with E-state index in [2.05, 4.69) is 182 Å². The highest BCUT2D eigenvalue weighted by molar-refractivity contribution is 6.28. The number of hydrogen-bond donors (Lipinski definition) is 0. The maximum absolute atomic E-state index is 6.63. The molecule has 0 aliphatic carbocycles. The molecule has 0 aliphatic rings. The average Bonchev–Trinajstić information content (AvgIpc) is 3.81. The van der Waals surface area contributed by atoms with Crippen molar-refractivity contribution in [3.63, 3.8) is 0 Å². The maximum Gasteiger partial charge on any atom is 0.147 e. The van der Waals surface area contributed by atoms with Crippen LogP contribution in [0.5, 0.6) is 0 Å². The molecule has 0 N–H and O–H groups in total. The molecule has 0 amide bonds. The lowest BCUT2D eigenvalue weighted by Gasteiger charge is -2.18. The third-order valence-corrected chi connectivity index (χ3v) is 11.4. The van der Waals surface area contributed by atoms with Gasteiger partial charge in [0.15, 0.2) is 0 Å². The summed E-state index contributed by atoms with van der Waals surface area (Å²) in [7, 11) is 0. The van der Waals surface area contributed by atoms with Gasteiger partial charge >= 0.3 is 0 Å². The first-order valence-corrected chi connectivity index (χ1v) is 18.5. The van der Waals surface area contributed by atoms with Crippen LogP contribution in [-0.4, -0.2) is 0 Å². The van der Waals surface area contributed by atoms with Gasteiger partial charge in [-0.15, -0.1) is 0 Å². The average molecular weight is 687 g/mol. The van der Waals surface area contributed by atoms with Gasteiger partial charge in [-0.2, -0.15) is 0 Å². The first-order valence-electron chi connectivity index (χ1n) is 18.5. The summed E-state index contributed by atoms with van der Waals surface area (Å²) < 4.78 is 13.0. The van der Waals surface area contributed by atoms with Crippen molar-refractivity contribution in [2.45, 2.75) is 0 Å². The molecule has 10 aromatic carbocycles. The van der Waals surface area contributed by atoms with Crippen LogP contribution in [0.4, 0.5) is 0 Å². The predicted molar refractivity (Wildman–Crippen MR) is 227 cm³/mol. The van der Waals surface area contributed by atoms with Crippen LogP contribution in [0.15, 0.2) is 191 Å². The van der Waals surface area contributed by atoms with Crippen LogP contribution in [-0.2, 0) is 0 Å². The van der Waals surface area contributed by atoms with E-state index in [4.69, 9.17) is 8.83 Å². The van der Waals surface area contributed by atoms with Crippen LogP contribution in [0.3, 0.4) is 0 Å². The summed E-state index contributed by atoms with van der Waals surface area (Å²) in [4.78, 5) is 0. The molecule has 0 saturated carbocycles. The van der Waals surface area contributed by atoms with Gasteiger partial charge in [0, 0.05) is 16.2 Å². The van der Waals surface area contributed by atoms with Gasteiger partial charge in [0.25, 0.3) is 0 Å². The maximum atomic E-state index is 6.63. The lowest BCUT2D eigenvalue weighted by Crippen LogP contribution is -1.90. The Morgan fingerprint density at radius 1 is 0.259 bits per heavy atom. The largest absolute Gasteiger partial charge is 0.456 e. The first-order chi connectivity index (χ1) is 26.8. The lowest BCUT2D eigenvalue weighted by atomic mass is 9.85. The molecular weight excluding hydrogens is 657 g/mol. The molecule has 0 unspecified atom stereocenters. The highest BCUT2D eigenvalue weighted by atomic mass is 16.3. The fourth-order valence-corrected chi connectivity index (χ4v) is 8.97. The molecular formula is C52H30O2. The molecule has 0 aliphatic heterocycles. The highest BCUT2D eigenvalue weighted by Gasteiger charge is 2.19. The van der Waals surface area contributed by atoms with Crippen molar-refractivity contribution >= 4 is 87.0 Å². The Hall–Kier alpha value is -7.16. The summed E-state index contributed by atoms with van der Waals surface area (Å²) in [5.41, 5.74) is 10.8. The highest BCUT2D eigenvalue weighted by Crippen LogP contribution is 2.45. The van der Waals surface area contributed by atoms with Crippen LogP contribution in [0.2, 0.25) is 0 Å². The van der Waals surface area contributed by atoms with Crippen molar-refractivity contribution in [1.29, 1.82) is 0 Å². The Labute approximate surface area is 310 Å². The van der Waals surface area contributed by atoms with Crippen molar-refractivity contribution in [2.75, 3.05) is 0 Å². The molecule has 2 aromatic heterocycles. The molecule has 0 bridgehead atoms. The third kappa shape index (κ3) is 4.22. The summed E-state index contributed by atoms with van der Waals surface area (Å²) in [6, 6.07) is 65.7. The number of benzene rings is 10. The molecule has 0 fully saturated rings. The van der Waals surface area contributed by atoms with Crippen LogP contribution < -0.4 is 0 Å². The number of rotatable bonds is 3. The number of hydrogen-bond acceptors (Lipinski definition) is 2. The molecule has 2 heterocycles. The Morgan fingerprint density at radius 2 is 0.778 bits per heavy atom. The summed E-state index contributed by atoms with van der Waals surface area (Å²) in [6.45, 7) is 0. The van der Waals surface area contributed by atoms with Crippen LogP contribution >= 0.6 is 0 Å². The number of fused-ring (bicyclic) bond motifs is 12. The van der Waals surface area contributed by atoms with Gasteiger partial charge < -0.3 is 8.83 Å². The molecule has 0 radical (unpaired) electrons. The third-order valence-electron chi connectivity index (χ3n) is 11.4. The van der Waals surface area contributed by atoms with E-state index >= 15 is 0 Å². The summed E-state index contributed by atoms with van der Waals surface area (Å²) >= 11 is 0. The Bertz CT molecular complexity index is 3430. The van der Waals surface area contributed by atoms with Crippen molar-refractivity contribution in [1.82, 2.24) is 0 Å². The van der Waals surface area contributed by atoms with Crippen LogP contribution in [0.1, 0.15) is 0 Å². The van der Waals surface area contributed by atoms with E-state index in [9.17, 15) is 0 Å². The summed E-state index contributed by atoms with van der Waals surface area (Å²) in [5, 5.41) is 14.2. The number of furan rings is 2. The van der Waals surface area contributed by atoms with Crippen molar-refractivity contribution < 1.29 is 8.83 Å². The van der Waals surface area contributed by atoms with E-state index in [0.717, 1.165) is 49.4 Å². The minimum absolute atomic E-state index is 0.843. The van der Waals surface area contributed by atoms with Crippen molar-refractivity contribution in [3.8, 4) is 33.4 Å². The van der Waals surface area contributed by atoms with Gasteiger partial charge in [0.05, 0.1) is 5.39 Å². The minimum atomic E-state index is 0.843. The zero-order chi connectivity index (χ0) is 35.3. The zero-order valence-electron chi connectivity index (χ0n) is 29.1. The normalized spacial score (nSPS) is 12.1. The van der Waals surface area contributed by atoms with Gasteiger partial charge in [-0.3, -0.25) is 0 Å². The molecule has 54 heavy (non-hydrogen) atoms. The first kappa shape index (κ1) is 29.4. The van der Waals surface area contributed by atoms with E-state index in [0.29, 0.717) is 0 Å². The SMILES string of the molecule is c1ccc(-c2c3ccccc3c(-c3ccc4cc(-c5ccc6oc7c(ccc8oc9ccc%10ccccc%10c9c87)c6c5)ccc4c3)c3ccccc23)cc1. The second-order valence-corrected chi connectivity index (χ2v) is 14.4. The summed E-state index contributed by atoms with van der Waals surface area (Å²) in [6.07, 6.45) is 0. The predicted octanol–water partition coefficient (Wildman–Crippen LogP) is 15.1. The Morgan fingerprint density at radius 3 is 1.52 bits per heavy atom. The molecule has 0 spiro atoms.